The van der Waals surface area contributed by atoms with E-state index in [1.54, 1.807) is 0 Å². The molecule has 7 heteroatoms. The lowest BCUT2D eigenvalue weighted by Crippen LogP contribution is -2.07. The molecule has 1 heterocycles. The molecule has 0 saturated heterocycles. The first-order valence-electron chi connectivity index (χ1n) is 4.19. The molecule has 0 radical (unpaired) electrons. The fraction of sp³-hybridized carbons (Fsp3) is 0.333. The lowest BCUT2D eigenvalue weighted by molar-refractivity contribution is -0.136. The highest BCUT2D eigenvalue weighted by molar-refractivity contribution is 9.08. The second-order valence-electron chi connectivity index (χ2n) is 2.97. The van der Waals surface area contributed by atoms with Crippen molar-refractivity contribution in [3.63, 3.8) is 0 Å². The first-order chi connectivity index (χ1) is 7.45. The molecule has 0 atom stereocenters. The standard InChI is InChI=1S/C9H7BrClF2NO2/c10-3-4-1-6(9(12)13)14-5(8(4)11)2-7(15)16/h1,9H,2-3H2,(H,15,16). The minimum absolute atomic E-state index is 0.0404. The quantitative estimate of drug-likeness (QED) is 0.868. The summed E-state index contributed by atoms with van der Waals surface area (Å²) in [5.41, 5.74) is -0.0975. The minimum Gasteiger partial charge on any atom is -0.481 e. The summed E-state index contributed by atoms with van der Waals surface area (Å²) in [6.45, 7) is 0. The third kappa shape index (κ3) is 3.12. The highest BCUT2D eigenvalue weighted by atomic mass is 79.9. The molecule has 0 bridgehead atoms. The number of carbonyl (C=O) groups is 1. The number of aromatic nitrogens is 1. The number of carboxylic acid groups (broad SMARTS) is 1. The molecule has 1 rings (SSSR count). The lowest BCUT2D eigenvalue weighted by atomic mass is 10.1. The number of alkyl halides is 3. The van der Waals surface area contributed by atoms with Crippen LogP contribution < -0.4 is 0 Å². The number of carboxylic acids is 1. The van der Waals surface area contributed by atoms with Crippen LogP contribution in [0.3, 0.4) is 0 Å². The van der Waals surface area contributed by atoms with E-state index < -0.39 is 24.5 Å². The van der Waals surface area contributed by atoms with Crippen molar-refractivity contribution in [3.05, 3.63) is 28.0 Å². The third-order valence-corrected chi connectivity index (χ3v) is 2.87. The summed E-state index contributed by atoms with van der Waals surface area (Å²) in [5.74, 6) is -1.17. The van der Waals surface area contributed by atoms with Crippen molar-refractivity contribution in [2.24, 2.45) is 0 Å². The molecule has 0 aliphatic carbocycles. The van der Waals surface area contributed by atoms with E-state index in [1.165, 1.54) is 0 Å². The molecule has 0 fully saturated rings. The van der Waals surface area contributed by atoms with E-state index in [1.807, 2.05) is 0 Å². The van der Waals surface area contributed by atoms with Crippen LogP contribution in [0.2, 0.25) is 5.02 Å². The topological polar surface area (TPSA) is 50.2 Å². The lowest BCUT2D eigenvalue weighted by Gasteiger charge is -2.08. The van der Waals surface area contributed by atoms with E-state index >= 15 is 0 Å². The number of nitrogens with zero attached hydrogens (tertiary/aromatic N) is 1. The van der Waals surface area contributed by atoms with Crippen LogP contribution in [-0.4, -0.2) is 16.1 Å². The van der Waals surface area contributed by atoms with Crippen molar-refractivity contribution in [2.75, 3.05) is 0 Å². The van der Waals surface area contributed by atoms with Gasteiger partial charge in [0, 0.05) is 5.33 Å². The van der Waals surface area contributed by atoms with E-state index in [9.17, 15) is 13.6 Å². The first-order valence-corrected chi connectivity index (χ1v) is 5.69. The van der Waals surface area contributed by atoms with Gasteiger partial charge in [-0.25, -0.2) is 13.8 Å². The van der Waals surface area contributed by atoms with E-state index in [2.05, 4.69) is 20.9 Å². The van der Waals surface area contributed by atoms with Crippen LogP contribution in [0.25, 0.3) is 0 Å². The number of pyridine rings is 1. The van der Waals surface area contributed by atoms with Crippen molar-refractivity contribution in [3.8, 4) is 0 Å². The Morgan fingerprint density at radius 1 is 1.62 bits per heavy atom. The molecule has 1 aromatic rings. The molecular weight excluding hydrogens is 307 g/mol. The van der Waals surface area contributed by atoms with Gasteiger partial charge in [-0.15, -0.1) is 0 Å². The summed E-state index contributed by atoms with van der Waals surface area (Å²) >= 11 is 8.92. The molecule has 16 heavy (non-hydrogen) atoms. The van der Waals surface area contributed by atoms with Gasteiger partial charge in [-0.3, -0.25) is 4.79 Å². The summed E-state index contributed by atoms with van der Waals surface area (Å²) in [4.78, 5) is 14.0. The number of hydrogen-bond acceptors (Lipinski definition) is 2. The Balaban J connectivity index is 3.24. The highest BCUT2D eigenvalue weighted by Gasteiger charge is 2.17. The molecule has 0 aromatic carbocycles. The van der Waals surface area contributed by atoms with Gasteiger partial charge in [0.1, 0.15) is 5.69 Å². The molecule has 0 amide bonds. The monoisotopic (exact) mass is 313 g/mol. The molecule has 88 valence electrons. The van der Waals surface area contributed by atoms with Gasteiger partial charge in [0.2, 0.25) is 0 Å². The van der Waals surface area contributed by atoms with Gasteiger partial charge in [-0.2, -0.15) is 0 Å². The van der Waals surface area contributed by atoms with Crippen LogP contribution in [0.1, 0.15) is 23.4 Å². The zero-order valence-electron chi connectivity index (χ0n) is 7.88. The molecule has 0 aliphatic heterocycles. The Bertz CT molecular complexity index is 415. The van der Waals surface area contributed by atoms with Gasteiger partial charge in [-0.1, -0.05) is 27.5 Å². The predicted molar refractivity (Wildman–Crippen MR) is 58.2 cm³/mol. The fourth-order valence-corrected chi connectivity index (χ4v) is 1.97. The van der Waals surface area contributed by atoms with Crippen molar-refractivity contribution in [1.82, 2.24) is 4.98 Å². The van der Waals surface area contributed by atoms with Gasteiger partial charge in [-0.05, 0) is 11.6 Å². The predicted octanol–water partition coefficient (Wildman–Crippen LogP) is 3.19. The number of hydrogen-bond donors (Lipinski definition) is 1. The summed E-state index contributed by atoms with van der Waals surface area (Å²) in [6.07, 6.45) is -3.22. The van der Waals surface area contributed by atoms with Crippen LogP contribution in [0.15, 0.2) is 6.07 Å². The van der Waals surface area contributed by atoms with Gasteiger partial charge in [0.15, 0.2) is 0 Å². The summed E-state index contributed by atoms with van der Waals surface area (Å²) in [7, 11) is 0. The molecule has 3 nitrogen and oxygen atoms in total. The van der Waals surface area contributed by atoms with Gasteiger partial charge < -0.3 is 5.11 Å². The Morgan fingerprint density at radius 2 is 2.25 bits per heavy atom. The Labute approximate surface area is 104 Å². The van der Waals surface area contributed by atoms with Crippen LogP contribution in [0.4, 0.5) is 8.78 Å². The molecule has 1 aromatic heterocycles. The van der Waals surface area contributed by atoms with E-state index in [4.69, 9.17) is 16.7 Å². The van der Waals surface area contributed by atoms with Crippen LogP contribution >= 0.6 is 27.5 Å². The largest absolute Gasteiger partial charge is 0.481 e. The highest BCUT2D eigenvalue weighted by Crippen LogP contribution is 2.27. The maximum absolute atomic E-state index is 12.5. The van der Waals surface area contributed by atoms with Crippen molar-refractivity contribution < 1.29 is 18.7 Å². The van der Waals surface area contributed by atoms with Gasteiger partial charge >= 0.3 is 5.97 Å². The first kappa shape index (κ1) is 13.3. The zero-order valence-corrected chi connectivity index (χ0v) is 10.2. The van der Waals surface area contributed by atoms with Crippen LogP contribution in [-0.2, 0) is 16.5 Å². The molecule has 0 unspecified atom stereocenters. The third-order valence-electron chi connectivity index (χ3n) is 1.81. The van der Waals surface area contributed by atoms with E-state index in [-0.39, 0.29) is 16.0 Å². The van der Waals surface area contributed by atoms with E-state index in [0.29, 0.717) is 5.56 Å². The van der Waals surface area contributed by atoms with Gasteiger partial charge in [0.05, 0.1) is 17.1 Å². The fourth-order valence-electron chi connectivity index (χ4n) is 1.13. The number of halogens is 4. The average Bonchev–Trinajstić information content (AvgIpc) is 2.20. The summed E-state index contributed by atoms with van der Waals surface area (Å²) < 4.78 is 24.9. The second-order valence-corrected chi connectivity index (χ2v) is 3.91. The molecule has 1 N–H and O–H groups in total. The normalized spacial score (nSPS) is 10.8. The molecule has 0 saturated carbocycles. The summed E-state index contributed by atoms with van der Waals surface area (Å²) in [6, 6.07) is 1.16. The molecular formula is C9H7BrClF2NO2. The van der Waals surface area contributed by atoms with Crippen molar-refractivity contribution in [2.45, 2.75) is 18.2 Å². The summed E-state index contributed by atoms with van der Waals surface area (Å²) in [5, 5.41) is 8.97. The molecule has 0 spiro atoms. The number of rotatable bonds is 4. The maximum atomic E-state index is 12.5. The van der Waals surface area contributed by atoms with Crippen LogP contribution in [0.5, 0.6) is 0 Å². The average molecular weight is 315 g/mol. The second kappa shape index (κ2) is 5.54. The number of aliphatic carboxylic acids is 1. The Kier molecular flexibility index (Phi) is 4.61. The Hall–Kier alpha value is -0.750. The van der Waals surface area contributed by atoms with E-state index in [0.717, 1.165) is 6.07 Å². The van der Waals surface area contributed by atoms with Crippen molar-refractivity contribution >= 4 is 33.5 Å². The zero-order chi connectivity index (χ0) is 12.3. The van der Waals surface area contributed by atoms with Crippen molar-refractivity contribution in [1.29, 1.82) is 0 Å². The minimum atomic E-state index is -2.75. The molecule has 0 aliphatic rings. The SMILES string of the molecule is O=C(O)Cc1nc(C(F)F)cc(CBr)c1Cl. The van der Waals surface area contributed by atoms with Crippen LogP contribution in [0, 0.1) is 0 Å². The maximum Gasteiger partial charge on any atom is 0.309 e. The Morgan fingerprint density at radius 3 is 2.69 bits per heavy atom. The smallest absolute Gasteiger partial charge is 0.309 e. The van der Waals surface area contributed by atoms with Gasteiger partial charge in [0.25, 0.3) is 6.43 Å².